The van der Waals surface area contributed by atoms with Crippen LogP contribution in [-0.4, -0.2) is 54.1 Å². The van der Waals surface area contributed by atoms with Crippen molar-refractivity contribution in [3.05, 3.63) is 29.8 Å². The lowest BCUT2D eigenvalue weighted by Crippen LogP contribution is -2.53. The van der Waals surface area contributed by atoms with Gasteiger partial charge in [-0.3, -0.25) is 0 Å². The molecule has 2 fully saturated rings. The number of anilines is 1. The standard InChI is InChI=1S/C18H26N4O/c23-18-20-17-4-2-1-3-14(17)13-22(18)16-7-11-21(12-8-16)15-5-9-19-10-6-15/h1-4,15-16,19H,5-13H2,(H,20,23). The largest absolute Gasteiger partial charge is 0.322 e. The highest BCUT2D eigenvalue weighted by atomic mass is 16.2. The Morgan fingerprint density at radius 3 is 2.48 bits per heavy atom. The molecule has 1 aromatic rings. The molecule has 0 aromatic heterocycles. The highest BCUT2D eigenvalue weighted by molar-refractivity contribution is 5.92. The summed E-state index contributed by atoms with van der Waals surface area (Å²) >= 11 is 0. The van der Waals surface area contributed by atoms with Crippen LogP contribution >= 0.6 is 0 Å². The van der Waals surface area contributed by atoms with Crippen LogP contribution < -0.4 is 10.6 Å². The Kier molecular flexibility index (Phi) is 4.23. The van der Waals surface area contributed by atoms with Gasteiger partial charge in [-0.05, 0) is 50.4 Å². The average molecular weight is 314 g/mol. The molecule has 0 radical (unpaired) electrons. The van der Waals surface area contributed by atoms with Crippen molar-refractivity contribution in [3.8, 4) is 0 Å². The van der Waals surface area contributed by atoms with E-state index < -0.39 is 0 Å². The van der Waals surface area contributed by atoms with Crippen LogP contribution in [0, 0.1) is 0 Å². The van der Waals surface area contributed by atoms with Gasteiger partial charge in [0.25, 0.3) is 0 Å². The topological polar surface area (TPSA) is 47.6 Å². The summed E-state index contributed by atoms with van der Waals surface area (Å²) < 4.78 is 0. The molecule has 5 nitrogen and oxygen atoms in total. The van der Waals surface area contributed by atoms with Gasteiger partial charge >= 0.3 is 6.03 Å². The highest BCUT2D eigenvalue weighted by Crippen LogP contribution is 2.28. The van der Waals surface area contributed by atoms with Crippen molar-refractivity contribution in [2.24, 2.45) is 0 Å². The lowest BCUT2D eigenvalue weighted by molar-refractivity contribution is 0.0841. The summed E-state index contributed by atoms with van der Waals surface area (Å²) in [4.78, 5) is 17.1. The summed E-state index contributed by atoms with van der Waals surface area (Å²) in [5.74, 6) is 0. The summed E-state index contributed by atoms with van der Waals surface area (Å²) in [5.41, 5.74) is 2.20. The molecule has 3 heterocycles. The molecule has 2 saturated heterocycles. The molecule has 5 heteroatoms. The van der Waals surface area contributed by atoms with E-state index in [4.69, 9.17) is 0 Å². The van der Waals surface area contributed by atoms with Gasteiger partial charge in [-0.15, -0.1) is 0 Å². The Balaban J connectivity index is 1.38. The molecule has 0 unspecified atom stereocenters. The maximum Gasteiger partial charge on any atom is 0.322 e. The molecule has 0 atom stereocenters. The zero-order chi connectivity index (χ0) is 15.6. The molecule has 4 rings (SSSR count). The number of hydrogen-bond donors (Lipinski definition) is 2. The van der Waals surface area contributed by atoms with Crippen LogP contribution in [0.25, 0.3) is 0 Å². The third-order valence-corrected chi connectivity index (χ3v) is 5.63. The predicted molar refractivity (Wildman–Crippen MR) is 91.5 cm³/mol. The van der Waals surface area contributed by atoms with Crippen molar-refractivity contribution in [1.29, 1.82) is 0 Å². The predicted octanol–water partition coefficient (Wildman–Crippen LogP) is 2.25. The Bertz CT molecular complexity index is 562. The van der Waals surface area contributed by atoms with Gasteiger partial charge in [0.05, 0.1) is 0 Å². The van der Waals surface area contributed by atoms with Gasteiger partial charge < -0.3 is 20.4 Å². The SMILES string of the molecule is O=C1Nc2ccccc2CN1C1CCN(C2CCNCC2)CC1. The second-order valence-corrected chi connectivity index (χ2v) is 6.96. The van der Waals surface area contributed by atoms with E-state index in [0.717, 1.165) is 57.3 Å². The van der Waals surface area contributed by atoms with Crippen molar-refractivity contribution < 1.29 is 4.79 Å². The minimum Gasteiger partial charge on any atom is -0.317 e. The van der Waals surface area contributed by atoms with Crippen molar-refractivity contribution in [3.63, 3.8) is 0 Å². The van der Waals surface area contributed by atoms with E-state index in [1.807, 2.05) is 23.1 Å². The normalized spacial score (nSPS) is 24.3. The molecule has 23 heavy (non-hydrogen) atoms. The van der Waals surface area contributed by atoms with E-state index in [0.29, 0.717) is 6.04 Å². The number of nitrogens with one attached hydrogen (secondary N) is 2. The summed E-state index contributed by atoms with van der Waals surface area (Å²) in [7, 11) is 0. The number of para-hydroxylation sites is 1. The third-order valence-electron chi connectivity index (χ3n) is 5.63. The van der Waals surface area contributed by atoms with Crippen molar-refractivity contribution >= 4 is 11.7 Å². The van der Waals surface area contributed by atoms with Gasteiger partial charge in [0.2, 0.25) is 0 Å². The number of likely N-dealkylation sites (tertiary alicyclic amines) is 1. The number of hydrogen-bond acceptors (Lipinski definition) is 3. The average Bonchev–Trinajstić information content (AvgIpc) is 2.62. The molecule has 1 aromatic carbocycles. The summed E-state index contributed by atoms with van der Waals surface area (Å²) in [5, 5.41) is 6.49. The first-order valence-electron chi connectivity index (χ1n) is 8.91. The fourth-order valence-corrected chi connectivity index (χ4v) is 4.25. The number of fused-ring (bicyclic) bond motifs is 1. The second kappa shape index (κ2) is 6.49. The smallest absolute Gasteiger partial charge is 0.317 e. The van der Waals surface area contributed by atoms with Gasteiger partial charge in [0.15, 0.2) is 0 Å². The number of rotatable bonds is 2. The van der Waals surface area contributed by atoms with E-state index in [-0.39, 0.29) is 6.03 Å². The maximum atomic E-state index is 12.4. The van der Waals surface area contributed by atoms with Gasteiger partial charge in [0, 0.05) is 37.4 Å². The molecule has 2 amide bonds. The first-order chi connectivity index (χ1) is 11.3. The first-order valence-corrected chi connectivity index (χ1v) is 8.91. The molecule has 0 saturated carbocycles. The van der Waals surface area contributed by atoms with Crippen LogP contribution in [0.5, 0.6) is 0 Å². The maximum absolute atomic E-state index is 12.4. The molecule has 2 N–H and O–H groups in total. The Morgan fingerprint density at radius 1 is 0.957 bits per heavy atom. The van der Waals surface area contributed by atoms with E-state index in [2.05, 4.69) is 21.6 Å². The van der Waals surface area contributed by atoms with Crippen molar-refractivity contribution in [1.82, 2.24) is 15.1 Å². The lowest BCUT2D eigenvalue weighted by atomic mass is 9.97. The fourth-order valence-electron chi connectivity index (χ4n) is 4.25. The van der Waals surface area contributed by atoms with Crippen molar-refractivity contribution in [2.75, 3.05) is 31.5 Å². The van der Waals surface area contributed by atoms with Crippen LogP contribution in [0.15, 0.2) is 24.3 Å². The summed E-state index contributed by atoms with van der Waals surface area (Å²) in [6, 6.07) is 9.33. The molecule has 0 bridgehead atoms. The Hall–Kier alpha value is -1.59. The molecule has 3 aliphatic heterocycles. The number of urea groups is 1. The van der Waals surface area contributed by atoms with Crippen LogP contribution in [0.2, 0.25) is 0 Å². The van der Waals surface area contributed by atoms with E-state index >= 15 is 0 Å². The van der Waals surface area contributed by atoms with Gasteiger partial charge in [-0.25, -0.2) is 4.79 Å². The van der Waals surface area contributed by atoms with Crippen LogP contribution in [0.3, 0.4) is 0 Å². The summed E-state index contributed by atoms with van der Waals surface area (Å²) in [6.07, 6.45) is 4.73. The quantitative estimate of drug-likeness (QED) is 0.880. The summed E-state index contributed by atoms with van der Waals surface area (Å²) in [6.45, 7) is 5.30. The van der Waals surface area contributed by atoms with Crippen LogP contribution in [-0.2, 0) is 6.54 Å². The van der Waals surface area contributed by atoms with Gasteiger partial charge in [0.1, 0.15) is 0 Å². The number of amides is 2. The second-order valence-electron chi connectivity index (χ2n) is 6.96. The highest BCUT2D eigenvalue weighted by Gasteiger charge is 2.33. The number of carbonyl (C=O) groups is 1. The minimum atomic E-state index is 0.0732. The number of benzene rings is 1. The van der Waals surface area contributed by atoms with Crippen molar-refractivity contribution in [2.45, 2.75) is 44.3 Å². The number of carbonyl (C=O) groups excluding carboxylic acids is 1. The number of piperidine rings is 2. The number of nitrogens with zero attached hydrogens (tertiary/aromatic N) is 2. The first kappa shape index (κ1) is 15.0. The third kappa shape index (κ3) is 3.08. The van der Waals surface area contributed by atoms with Crippen LogP contribution in [0.1, 0.15) is 31.2 Å². The fraction of sp³-hybridized carbons (Fsp3) is 0.611. The Morgan fingerprint density at radius 2 is 1.70 bits per heavy atom. The molecule has 0 aliphatic carbocycles. The zero-order valence-corrected chi connectivity index (χ0v) is 13.6. The van der Waals surface area contributed by atoms with E-state index in [9.17, 15) is 4.79 Å². The van der Waals surface area contributed by atoms with E-state index in [1.165, 1.54) is 18.4 Å². The monoisotopic (exact) mass is 314 g/mol. The molecule has 124 valence electrons. The van der Waals surface area contributed by atoms with Crippen LogP contribution in [0.4, 0.5) is 10.5 Å². The molecule has 0 spiro atoms. The molecular weight excluding hydrogens is 288 g/mol. The van der Waals surface area contributed by atoms with Gasteiger partial charge in [-0.2, -0.15) is 0 Å². The molecular formula is C18H26N4O. The van der Waals surface area contributed by atoms with Gasteiger partial charge in [-0.1, -0.05) is 18.2 Å². The Labute approximate surface area is 138 Å². The lowest BCUT2D eigenvalue weighted by Gasteiger charge is -2.43. The van der Waals surface area contributed by atoms with E-state index in [1.54, 1.807) is 0 Å². The minimum absolute atomic E-state index is 0.0732. The zero-order valence-electron chi connectivity index (χ0n) is 13.6. The molecule has 3 aliphatic rings.